The number of piperidine rings is 1. The number of rotatable bonds is 5. The number of halogens is 1. The van der Waals surface area contributed by atoms with E-state index in [-0.39, 0.29) is 17.3 Å². The second-order valence-electron chi connectivity index (χ2n) is 6.89. The second-order valence-corrected chi connectivity index (χ2v) is 9.19. The summed E-state index contributed by atoms with van der Waals surface area (Å²) in [7, 11) is -3.89. The molecule has 1 atom stereocenters. The van der Waals surface area contributed by atoms with Crippen molar-refractivity contribution in [2.24, 2.45) is 5.92 Å². The van der Waals surface area contributed by atoms with Crippen molar-refractivity contribution >= 4 is 33.2 Å². The van der Waals surface area contributed by atoms with Gasteiger partial charge in [-0.2, -0.15) is 0 Å². The molecule has 1 heterocycles. The van der Waals surface area contributed by atoms with Crippen molar-refractivity contribution in [2.45, 2.75) is 24.7 Å². The van der Waals surface area contributed by atoms with Gasteiger partial charge in [0, 0.05) is 18.1 Å². The fourth-order valence-corrected chi connectivity index (χ4v) is 4.92. The number of nitrogens with zero attached hydrogens (tertiary/aromatic N) is 2. The predicted molar refractivity (Wildman–Crippen MR) is 107 cm³/mol. The Hall–Kier alpha value is -2.05. The molecule has 5 nitrogen and oxygen atoms in total. The van der Waals surface area contributed by atoms with E-state index in [0.29, 0.717) is 29.7 Å². The first-order valence-corrected chi connectivity index (χ1v) is 10.8. The zero-order valence-corrected chi connectivity index (χ0v) is 16.8. The number of anilines is 1. The van der Waals surface area contributed by atoms with E-state index in [4.69, 9.17) is 11.6 Å². The minimum Gasteiger partial charge on any atom is -0.341 e. The Morgan fingerprint density at radius 2 is 1.93 bits per heavy atom. The van der Waals surface area contributed by atoms with Gasteiger partial charge in [0.05, 0.1) is 10.6 Å². The minimum absolute atomic E-state index is 0.143. The molecule has 1 aliphatic heterocycles. The monoisotopic (exact) mass is 406 g/mol. The topological polar surface area (TPSA) is 57.7 Å². The van der Waals surface area contributed by atoms with E-state index >= 15 is 0 Å². The first-order chi connectivity index (χ1) is 12.9. The molecule has 0 aliphatic carbocycles. The van der Waals surface area contributed by atoms with Crippen molar-refractivity contribution in [3.8, 4) is 0 Å². The molecule has 7 heteroatoms. The summed E-state index contributed by atoms with van der Waals surface area (Å²) >= 11 is 6.07. The standard InChI is InChI=1S/C20H23ClN2O3S/c1-16-7-6-12-22(14-16)20(24)15-23(18-9-5-8-17(21)13-18)27(25,26)19-10-3-2-4-11-19/h2-5,8-11,13,16H,6-7,12,14-15H2,1H3. The third kappa shape index (κ3) is 4.62. The number of amides is 1. The molecule has 0 bridgehead atoms. The summed E-state index contributed by atoms with van der Waals surface area (Å²) in [6.45, 7) is 3.19. The summed E-state index contributed by atoms with van der Waals surface area (Å²) in [6, 6.07) is 14.7. The molecule has 2 aromatic rings. The highest BCUT2D eigenvalue weighted by atomic mass is 35.5. The van der Waals surface area contributed by atoms with Crippen molar-refractivity contribution < 1.29 is 13.2 Å². The van der Waals surface area contributed by atoms with Crippen LogP contribution in [0.2, 0.25) is 5.02 Å². The van der Waals surface area contributed by atoms with Crippen LogP contribution in [-0.2, 0) is 14.8 Å². The molecule has 0 radical (unpaired) electrons. The SMILES string of the molecule is CC1CCCN(C(=O)CN(c2cccc(Cl)c2)S(=O)(=O)c2ccccc2)C1. The van der Waals surface area contributed by atoms with Crippen LogP contribution in [0.4, 0.5) is 5.69 Å². The zero-order chi connectivity index (χ0) is 19.4. The lowest BCUT2D eigenvalue weighted by Crippen LogP contribution is -2.46. The minimum atomic E-state index is -3.89. The van der Waals surface area contributed by atoms with E-state index < -0.39 is 10.0 Å². The fraction of sp³-hybridized carbons (Fsp3) is 0.350. The van der Waals surface area contributed by atoms with Crippen molar-refractivity contribution in [1.82, 2.24) is 4.90 Å². The molecule has 1 unspecified atom stereocenters. The quantitative estimate of drug-likeness (QED) is 0.758. The average molecular weight is 407 g/mol. The van der Waals surface area contributed by atoms with Gasteiger partial charge in [0.1, 0.15) is 6.54 Å². The lowest BCUT2D eigenvalue weighted by atomic mass is 10.0. The van der Waals surface area contributed by atoms with E-state index in [0.717, 1.165) is 17.1 Å². The second kappa shape index (κ2) is 8.31. The first kappa shape index (κ1) is 19.7. The van der Waals surface area contributed by atoms with Gasteiger partial charge in [-0.1, -0.05) is 42.8 Å². The molecule has 0 saturated carbocycles. The molecule has 1 saturated heterocycles. The smallest absolute Gasteiger partial charge is 0.264 e. The van der Waals surface area contributed by atoms with Crippen LogP contribution < -0.4 is 4.31 Å². The summed E-state index contributed by atoms with van der Waals surface area (Å²) < 4.78 is 27.6. The van der Waals surface area contributed by atoms with Gasteiger partial charge >= 0.3 is 0 Å². The fourth-order valence-electron chi connectivity index (χ4n) is 3.30. The molecule has 0 aromatic heterocycles. The van der Waals surface area contributed by atoms with Crippen LogP contribution in [0.15, 0.2) is 59.5 Å². The molecule has 0 N–H and O–H groups in total. The van der Waals surface area contributed by atoms with Gasteiger partial charge < -0.3 is 4.90 Å². The van der Waals surface area contributed by atoms with E-state index in [1.807, 2.05) is 0 Å². The molecule has 3 rings (SSSR count). The summed E-state index contributed by atoms with van der Waals surface area (Å²) in [6.07, 6.45) is 2.03. The van der Waals surface area contributed by atoms with Crippen molar-refractivity contribution in [2.75, 3.05) is 23.9 Å². The van der Waals surface area contributed by atoms with E-state index in [9.17, 15) is 13.2 Å². The Labute approximate surface area is 165 Å². The predicted octanol–water partition coefficient (Wildman–Crippen LogP) is 3.79. The number of hydrogen-bond donors (Lipinski definition) is 0. The first-order valence-electron chi connectivity index (χ1n) is 8.99. The molecule has 1 amide bonds. The van der Waals surface area contributed by atoms with Gasteiger partial charge in [0.2, 0.25) is 5.91 Å². The van der Waals surface area contributed by atoms with Gasteiger partial charge in [-0.3, -0.25) is 9.10 Å². The maximum absolute atomic E-state index is 13.2. The number of carbonyl (C=O) groups excluding carboxylic acids is 1. The van der Waals surface area contributed by atoms with Crippen molar-refractivity contribution in [3.05, 3.63) is 59.6 Å². The summed E-state index contributed by atoms with van der Waals surface area (Å²) in [5.74, 6) is 0.231. The highest BCUT2D eigenvalue weighted by Gasteiger charge is 2.30. The average Bonchev–Trinajstić information content (AvgIpc) is 2.66. The summed E-state index contributed by atoms with van der Waals surface area (Å²) in [4.78, 5) is 14.8. The highest BCUT2D eigenvalue weighted by Crippen LogP contribution is 2.26. The number of carbonyl (C=O) groups is 1. The number of sulfonamides is 1. The molecule has 1 fully saturated rings. The van der Waals surface area contributed by atoms with E-state index in [1.165, 1.54) is 12.1 Å². The Morgan fingerprint density at radius 3 is 2.59 bits per heavy atom. The van der Waals surface area contributed by atoms with Crippen LogP contribution in [0.25, 0.3) is 0 Å². The molecule has 1 aliphatic rings. The molecule has 0 spiro atoms. The Kier molecular flexibility index (Phi) is 6.07. The van der Waals surface area contributed by atoms with Crippen LogP contribution in [0.5, 0.6) is 0 Å². The highest BCUT2D eigenvalue weighted by molar-refractivity contribution is 7.92. The lowest BCUT2D eigenvalue weighted by molar-refractivity contribution is -0.131. The number of hydrogen-bond acceptors (Lipinski definition) is 3. The zero-order valence-electron chi connectivity index (χ0n) is 15.2. The van der Waals surface area contributed by atoms with Gasteiger partial charge in [-0.25, -0.2) is 8.42 Å². The normalized spacial score (nSPS) is 17.6. The Balaban J connectivity index is 1.94. The van der Waals surface area contributed by atoms with Crippen LogP contribution in [0.3, 0.4) is 0 Å². The Bertz CT molecular complexity index is 902. The lowest BCUT2D eigenvalue weighted by Gasteiger charge is -2.33. The van der Waals surface area contributed by atoms with Gasteiger partial charge in [0.15, 0.2) is 0 Å². The van der Waals surface area contributed by atoms with Crippen LogP contribution in [-0.4, -0.2) is 38.9 Å². The van der Waals surface area contributed by atoms with Gasteiger partial charge in [0.25, 0.3) is 10.0 Å². The Morgan fingerprint density at radius 1 is 1.19 bits per heavy atom. The van der Waals surface area contributed by atoms with Gasteiger partial charge in [-0.15, -0.1) is 0 Å². The molecular formula is C20H23ClN2O3S. The van der Waals surface area contributed by atoms with Crippen LogP contribution in [0, 0.1) is 5.92 Å². The number of likely N-dealkylation sites (tertiary alicyclic amines) is 1. The van der Waals surface area contributed by atoms with Crippen molar-refractivity contribution in [1.29, 1.82) is 0 Å². The maximum atomic E-state index is 13.2. The molecule has 2 aromatic carbocycles. The number of benzene rings is 2. The third-order valence-electron chi connectivity index (χ3n) is 4.72. The van der Waals surface area contributed by atoms with E-state index in [2.05, 4.69) is 6.92 Å². The molecule has 27 heavy (non-hydrogen) atoms. The van der Waals surface area contributed by atoms with Crippen molar-refractivity contribution in [3.63, 3.8) is 0 Å². The maximum Gasteiger partial charge on any atom is 0.264 e. The van der Waals surface area contributed by atoms with Crippen LogP contribution in [0.1, 0.15) is 19.8 Å². The van der Waals surface area contributed by atoms with E-state index in [1.54, 1.807) is 47.4 Å². The third-order valence-corrected chi connectivity index (χ3v) is 6.74. The van der Waals surface area contributed by atoms with Gasteiger partial charge in [-0.05, 0) is 49.1 Å². The molecule has 144 valence electrons. The largest absolute Gasteiger partial charge is 0.341 e. The summed E-state index contributed by atoms with van der Waals surface area (Å²) in [5, 5.41) is 0.416. The van der Waals surface area contributed by atoms with Crippen LogP contribution >= 0.6 is 11.6 Å². The molecular weight excluding hydrogens is 384 g/mol. The summed E-state index contributed by atoms with van der Waals surface area (Å²) in [5.41, 5.74) is 0.379.